The average molecular weight is 420 g/mol. The second kappa shape index (κ2) is 12.2. The maximum Gasteiger partial charge on any atom is 0.325 e. The molecule has 12 heteroatoms. The second-order valence-corrected chi connectivity index (χ2v) is 7.01. The normalized spacial score (nSPS) is 15.1. The molecule has 0 saturated heterocycles. The van der Waals surface area contributed by atoms with Crippen LogP contribution in [0.25, 0.3) is 0 Å². The Kier molecular flexibility index (Phi) is 11.2. The fourth-order valence-corrected chi connectivity index (χ4v) is 2.23. The number of hydrogen-bond donors (Lipinski definition) is 7. The number of nitrogens with two attached hydrogens (primary N) is 2. The van der Waals surface area contributed by atoms with Crippen LogP contribution >= 0.6 is 12.6 Å². The SMILES string of the molecule is CC(NC(=O)C(CS)NC(=O)C(CCC(N)=O)NC(=O)C(N)C(C)C)C(=O)O. The first-order valence-electron chi connectivity index (χ1n) is 8.69. The Morgan fingerprint density at radius 1 is 0.929 bits per heavy atom. The number of carbonyl (C=O) groups excluding carboxylic acids is 4. The molecule has 0 aromatic rings. The summed E-state index contributed by atoms with van der Waals surface area (Å²) in [5.41, 5.74) is 10.9. The van der Waals surface area contributed by atoms with E-state index in [1.165, 1.54) is 6.92 Å². The molecule has 0 heterocycles. The third kappa shape index (κ3) is 9.04. The number of thiol groups is 1. The van der Waals surface area contributed by atoms with Crippen molar-refractivity contribution in [3.05, 3.63) is 0 Å². The maximum atomic E-state index is 12.5. The molecule has 160 valence electrons. The lowest BCUT2D eigenvalue weighted by Crippen LogP contribution is -2.57. The standard InChI is InChI=1S/C16H29N5O6S/c1-7(2)12(18)15(25)20-9(4-5-11(17)22)13(23)21-10(6-28)14(24)19-8(3)16(26)27/h7-10,12,28H,4-6,18H2,1-3H3,(H2,17,22)(H,19,24)(H,20,25)(H,21,23)(H,26,27). The molecule has 0 aromatic heterocycles. The molecule has 0 radical (unpaired) electrons. The summed E-state index contributed by atoms with van der Waals surface area (Å²) in [4.78, 5) is 58.7. The average Bonchev–Trinajstić information content (AvgIpc) is 2.61. The van der Waals surface area contributed by atoms with Crippen molar-refractivity contribution in [2.24, 2.45) is 17.4 Å². The van der Waals surface area contributed by atoms with Crippen molar-refractivity contribution in [1.29, 1.82) is 0 Å². The van der Waals surface area contributed by atoms with Crippen LogP contribution in [0.1, 0.15) is 33.6 Å². The van der Waals surface area contributed by atoms with Crippen LogP contribution in [0.15, 0.2) is 0 Å². The van der Waals surface area contributed by atoms with E-state index in [2.05, 4.69) is 28.6 Å². The number of amides is 4. The van der Waals surface area contributed by atoms with E-state index in [0.717, 1.165) is 0 Å². The monoisotopic (exact) mass is 419 g/mol. The van der Waals surface area contributed by atoms with Gasteiger partial charge in [-0.2, -0.15) is 12.6 Å². The molecular formula is C16H29N5O6S. The first kappa shape index (κ1) is 25.7. The van der Waals surface area contributed by atoms with Crippen molar-refractivity contribution in [3.63, 3.8) is 0 Å². The molecule has 28 heavy (non-hydrogen) atoms. The summed E-state index contributed by atoms with van der Waals surface area (Å²) >= 11 is 3.98. The van der Waals surface area contributed by atoms with Gasteiger partial charge in [0.2, 0.25) is 23.6 Å². The molecule has 11 nitrogen and oxygen atoms in total. The summed E-state index contributed by atoms with van der Waals surface area (Å²) in [6.07, 6.45) is -0.271. The van der Waals surface area contributed by atoms with Gasteiger partial charge in [-0.1, -0.05) is 13.8 Å². The number of aliphatic carboxylic acids is 1. The van der Waals surface area contributed by atoms with Crippen LogP contribution in [0.4, 0.5) is 0 Å². The second-order valence-electron chi connectivity index (χ2n) is 6.65. The van der Waals surface area contributed by atoms with Gasteiger partial charge in [-0.25, -0.2) is 0 Å². The van der Waals surface area contributed by atoms with E-state index in [-0.39, 0.29) is 24.5 Å². The number of carbonyl (C=O) groups is 5. The topological polar surface area (TPSA) is 194 Å². The van der Waals surface area contributed by atoms with Crippen LogP contribution in [0.5, 0.6) is 0 Å². The van der Waals surface area contributed by atoms with Crippen LogP contribution in [0.3, 0.4) is 0 Å². The molecule has 4 unspecified atom stereocenters. The molecule has 0 aliphatic heterocycles. The summed E-state index contributed by atoms with van der Waals surface area (Å²) in [7, 11) is 0. The molecule has 8 N–H and O–H groups in total. The van der Waals surface area contributed by atoms with Gasteiger partial charge < -0.3 is 32.5 Å². The Labute approximate surface area is 168 Å². The highest BCUT2D eigenvalue weighted by Crippen LogP contribution is 2.03. The fraction of sp³-hybridized carbons (Fsp3) is 0.688. The molecule has 0 spiro atoms. The van der Waals surface area contributed by atoms with Crippen LogP contribution in [0.2, 0.25) is 0 Å². The molecule has 0 bridgehead atoms. The number of hydrogen-bond acceptors (Lipinski definition) is 7. The molecule has 0 rings (SSSR count). The molecule has 0 saturated carbocycles. The molecule has 0 aromatic carbocycles. The van der Waals surface area contributed by atoms with Crippen molar-refractivity contribution >= 4 is 42.2 Å². The summed E-state index contributed by atoms with van der Waals surface area (Å²) in [6, 6.07) is -4.34. The van der Waals surface area contributed by atoms with Gasteiger partial charge in [0.15, 0.2) is 0 Å². The van der Waals surface area contributed by atoms with E-state index < -0.39 is 53.8 Å². The van der Waals surface area contributed by atoms with Crippen molar-refractivity contribution in [2.45, 2.75) is 57.8 Å². The third-order valence-electron chi connectivity index (χ3n) is 3.88. The summed E-state index contributed by atoms with van der Waals surface area (Å²) in [6.45, 7) is 4.72. The maximum absolute atomic E-state index is 12.5. The number of rotatable bonds is 12. The van der Waals surface area contributed by atoms with Gasteiger partial charge in [0.05, 0.1) is 6.04 Å². The Morgan fingerprint density at radius 3 is 1.86 bits per heavy atom. The molecule has 0 fully saturated rings. The van der Waals surface area contributed by atoms with Gasteiger partial charge in [-0.05, 0) is 19.3 Å². The van der Waals surface area contributed by atoms with Gasteiger partial charge in [-0.3, -0.25) is 24.0 Å². The Hall–Kier alpha value is -2.34. The lowest BCUT2D eigenvalue weighted by molar-refractivity contribution is -0.141. The van der Waals surface area contributed by atoms with E-state index >= 15 is 0 Å². The highest BCUT2D eigenvalue weighted by molar-refractivity contribution is 7.80. The van der Waals surface area contributed by atoms with Gasteiger partial charge in [0, 0.05) is 12.2 Å². The minimum absolute atomic E-state index is 0.0931. The fourth-order valence-electron chi connectivity index (χ4n) is 1.97. The lowest BCUT2D eigenvalue weighted by Gasteiger charge is -2.24. The molecule has 0 aliphatic rings. The van der Waals surface area contributed by atoms with Crippen LogP contribution in [-0.2, 0) is 24.0 Å². The van der Waals surface area contributed by atoms with E-state index in [9.17, 15) is 24.0 Å². The van der Waals surface area contributed by atoms with Crippen LogP contribution in [0, 0.1) is 5.92 Å². The minimum Gasteiger partial charge on any atom is -0.480 e. The smallest absolute Gasteiger partial charge is 0.325 e. The first-order chi connectivity index (χ1) is 12.9. The predicted molar refractivity (Wildman–Crippen MR) is 104 cm³/mol. The zero-order chi connectivity index (χ0) is 22.0. The van der Waals surface area contributed by atoms with E-state index in [1.807, 2.05) is 0 Å². The number of carboxylic acid groups (broad SMARTS) is 1. The molecule has 4 atom stereocenters. The zero-order valence-electron chi connectivity index (χ0n) is 16.1. The number of carboxylic acids is 1. The van der Waals surface area contributed by atoms with E-state index in [4.69, 9.17) is 16.6 Å². The quantitative estimate of drug-likeness (QED) is 0.173. The number of primary amides is 1. The van der Waals surface area contributed by atoms with Crippen molar-refractivity contribution in [1.82, 2.24) is 16.0 Å². The van der Waals surface area contributed by atoms with Gasteiger partial charge in [0.25, 0.3) is 0 Å². The Bertz CT molecular complexity index is 600. The highest BCUT2D eigenvalue weighted by atomic mass is 32.1. The number of nitrogens with one attached hydrogen (secondary N) is 3. The highest BCUT2D eigenvalue weighted by Gasteiger charge is 2.29. The van der Waals surface area contributed by atoms with E-state index in [0.29, 0.717) is 0 Å². The minimum atomic E-state index is -1.24. The van der Waals surface area contributed by atoms with Crippen molar-refractivity contribution in [3.8, 4) is 0 Å². The Balaban J connectivity index is 5.17. The van der Waals surface area contributed by atoms with Gasteiger partial charge in [-0.15, -0.1) is 0 Å². The molecule has 4 amide bonds. The Morgan fingerprint density at radius 2 is 1.43 bits per heavy atom. The predicted octanol–water partition coefficient (Wildman–Crippen LogP) is -2.28. The first-order valence-corrected chi connectivity index (χ1v) is 9.32. The van der Waals surface area contributed by atoms with Crippen LogP contribution < -0.4 is 27.4 Å². The third-order valence-corrected chi connectivity index (χ3v) is 4.24. The van der Waals surface area contributed by atoms with Crippen molar-refractivity contribution in [2.75, 3.05) is 5.75 Å². The lowest BCUT2D eigenvalue weighted by atomic mass is 10.0. The largest absolute Gasteiger partial charge is 0.480 e. The molecular weight excluding hydrogens is 390 g/mol. The summed E-state index contributed by atoms with van der Waals surface area (Å²) in [5.74, 6) is -4.31. The summed E-state index contributed by atoms with van der Waals surface area (Å²) < 4.78 is 0. The zero-order valence-corrected chi connectivity index (χ0v) is 17.0. The van der Waals surface area contributed by atoms with E-state index in [1.54, 1.807) is 13.8 Å². The van der Waals surface area contributed by atoms with Crippen molar-refractivity contribution < 1.29 is 29.1 Å². The van der Waals surface area contributed by atoms with Gasteiger partial charge in [0.1, 0.15) is 18.1 Å². The van der Waals surface area contributed by atoms with Gasteiger partial charge >= 0.3 is 5.97 Å². The molecule has 0 aliphatic carbocycles. The summed E-state index contributed by atoms with van der Waals surface area (Å²) in [5, 5.41) is 15.9. The van der Waals surface area contributed by atoms with Crippen LogP contribution in [-0.4, -0.2) is 64.6 Å².